The molecule has 1 aromatic heterocycles. The number of nitrogens with two attached hydrogens (primary N) is 1. The molecule has 4 heteroatoms. The summed E-state index contributed by atoms with van der Waals surface area (Å²) in [4.78, 5) is 3.28. The van der Waals surface area contributed by atoms with Gasteiger partial charge < -0.3 is 5.73 Å². The summed E-state index contributed by atoms with van der Waals surface area (Å²) in [5.41, 5.74) is 5.11. The lowest BCUT2D eigenvalue weighted by Crippen LogP contribution is -1.90. The Balaban J connectivity index is 0.000000640. The van der Waals surface area contributed by atoms with E-state index in [1.807, 2.05) is 0 Å². The molecule has 0 aromatic carbocycles. The molecule has 0 fully saturated rings. The fraction of sp³-hybridized carbons (Fsp3) is 0. The normalized spacial score (nSPS) is 8.11. The van der Waals surface area contributed by atoms with Crippen molar-refractivity contribution in [2.45, 2.75) is 0 Å². The summed E-state index contributed by atoms with van der Waals surface area (Å²) in [6.07, 6.45) is 0. The summed E-state index contributed by atoms with van der Waals surface area (Å²) in [6.45, 7) is 0. The van der Waals surface area contributed by atoms with Gasteiger partial charge in [0.25, 0.3) is 0 Å². The largest absolute Gasteiger partial charge is 0.384 e. The minimum absolute atomic E-state index is 0. The molecule has 2 N–H and O–H groups in total. The van der Waals surface area contributed by atoms with Gasteiger partial charge in [-0.3, -0.25) is 0 Å². The predicted octanol–water partition coefficient (Wildman–Crippen LogP) is 1.38. The summed E-state index contributed by atoms with van der Waals surface area (Å²) in [6, 6.07) is 4.29. The zero-order valence-corrected chi connectivity index (χ0v) is 6.26. The van der Waals surface area contributed by atoms with Crippen molar-refractivity contribution in [3.05, 3.63) is 24.1 Å². The predicted molar refractivity (Wildman–Crippen MR) is 38.9 cm³/mol. The second kappa shape index (κ2) is 3.40. The highest BCUT2D eigenvalue weighted by molar-refractivity contribution is 8.93. The summed E-state index contributed by atoms with van der Waals surface area (Å²) in [5.74, 6) is -0.324. The van der Waals surface area contributed by atoms with Crippen molar-refractivity contribution in [3.8, 4) is 0 Å². The van der Waals surface area contributed by atoms with E-state index in [-0.39, 0.29) is 22.8 Å². The number of halogens is 2. The number of nitrogen functional groups attached to an aromatic ring is 1. The Morgan fingerprint density at radius 2 is 2.11 bits per heavy atom. The number of rotatable bonds is 0. The van der Waals surface area contributed by atoms with Crippen LogP contribution in [0.5, 0.6) is 0 Å². The summed E-state index contributed by atoms with van der Waals surface area (Å²) in [5, 5.41) is 0. The number of pyridine rings is 1. The van der Waals surface area contributed by atoms with E-state index in [9.17, 15) is 4.39 Å². The van der Waals surface area contributed by atoms with Gasteiger partial charge >= 0.3 is 0 Å². The van der Waals surface area contributed by atoms with Crippen LogP contribution >= 0.6 is 17.0 Å². The minimum Gasteiger partial charge on any atom is -0.384 e. The van der Waals surface area contributed by atoms with Gasteiger partial charge in [-0.1, -0.05) is 6.07 Å². The number of hydrogen-bond acceptors (Lipinski definition) is 2. The van der Waals surface area contributed by atoms with Gasteiger partial charge in [0, 0.05) is 0 Å². The highest BCUT2D eigenvalue weighted by atomic mass is 79.9. The molecule has 0 atom stereocenters. The second-order valence-electron chi connectivity index (χ2n) is 1.39. The highest BCUT2D eigenvalue weighted by Crippen LogP contribution is 1.96. The van der Waals surface area contributed by atoms with E-state index >= 15 is 0 Å². The molecule has 0 amide bonds. The molecule has 0 aliphatic rings. The van der Waals surface area contributed by atoms with Crippen LogP contribution in [-0.2, 0) is 0 Å². The lowest BCUT2D eigenvalue weighted by Gasteiger charge is -1.87. The van der Waals surface area contributed by atoms with E-state index in [1.54, 1.807) is 0 Å². The van der Waals surface area contributed by atoms with E-state index in [1.165, 1.54) is 18.2 Å². The van der Waals surface area contributed by atoms with Gasteiger partial charge in [-0.25, -0.2) is 4.98 Å². The number of anilines is 1. The van der Waals surface area contributed by atoms with Gasteiger partial charge in [-0.2, -0.15) is 4.39 Å². The molecule has 0 spiro atoms. The summed E-state index contributed by atoms with van der Waals surface area (Å²) in [7, 11) is 0. The Bertz CT molecular complexity index is 175. The fourth-order valence-corrected chi connectivity index (χ4v) is 0.424. The number of nitrogens with zero attached hydrogens (tertiary/aromatic N) is 1. The topological polar surface area (TPSA) is 38.9 Å². The van der Waals surface area contributed by atoms with Crippen molar-refractivity contribution in [2.24, 2.45) is 0 Å². The smallest absolute Gasteiger partial charge is 0.214 e. The quantitative estimate of drug-likeness (QED) is 0.632. The number of aromatic nitrogens is 1. The molecule has 50 valence electrons. The maximum atomic E-state index is 12.0. The Labute approximate surface area is 62.7 Å². The van der Waals surface area contributed by atoms with Gasteiger partial charge in [0.05, 0.1) is 0 Å². The van der Waals surface area contributed by atoms with Crippen LogP contribution in [0.2, 0.25) is 0 Å². The molecule has 0 unspecified atom stereocenters. The molecule has 2 nitrogen and oxygen atoms in total. The second-order valence-corrected chi connectivity index (χ2v) is 1.39. The highest BCUT2D eigenvalue weighted by Gasteiger charge is 1.86. The first-order chi connectivity index (χ1) is 3.79. The van der Waals surface area contributed by atoms with Crippen molar-refractivity contribution < 1.29 is 4.39 Å². The maximum Gasteiger partial charge on any atom is 0.214 e. The standard InChI is InChI=1S/C5H5FN2.BrH/c6-4-2-1-3-5(7)8-4;/h1-3H,(H2,7,8);1H. The van der Waals surface area contributed by atoms with Crippen molar-refractivity contribution in [2.75, 3.05) is 5.73 Å². The molecule has 0 aliphatic heterocycles. The van der Waals surface area contributed by atoms with Crippen LogP contribution in [0.1, 0.15) is 0 Å². The SMILES string of the molecule is Br.Nc1cccc(F)n1. The molecule has 0 aliphatic carbocycles. The first-order valence-electron chi connectivity index (χ1n) is 2.17. The average molecular weight is 193 g/mol. The lowest BCUT2D eigenvalue weighted by atomic mass is 10.5. The van der Waals surface area contributed by atoms with Crippen molar-refractivity contribution in [3.63, 3.8) is 0 Å². The molecule has 0 saturated heterocycles. The molecular weight excluding hydrogens is 187 g/mol. The van der Waals surface area contributed by atoms with E-state index in [2.05, 4.69) is 4.98 Å². The zero-order valence-electron chi connectivity index (χ0n) is 4.54. The van der Waals surface area contributed by atoms with Crippen LogP contribution < -0.4 is 5.73 Å². The van der Waals surface area contributed by atoms with E-state index in [4.69, 9.17) is 5.73 Å². The Kier molecular flexibility index (Phi) is 3.16. The van der Waals surface area contributed by atoms with E-state index in [0.717, 1.165) is 0 Å². The van der Waals surface area contributed by atoms with Gasteiger partial charge in [-0.15, -0.1) is 17.0 Å². The van der Waals surface area contributed by atoms with Gasteiger partial charge in [-0.05, 0) is 12.1 Å². The molecule has 0 radical (unpaired) electrons. The molecule has 1 aromatic rings. The Hall–Kier alpha value is -0.640. The van der Waals surface area contributed by atoms with Crippen molar-refractivity contribution in [1.82, 2.24) is 4.98 Å². The minimum atomic E-state index is -0.537. The molecule has 9 heavy (non-hydrogen) atoms. The number of hydrogen-bond donors (Lipinski definition) is 1. The third-order valence-electron chi connectivity index (χ3n) is 0.737. The molecule has 1 rings (SSSR count). The van der Waals surface area contributed by atoms with Gasteiger partial charge in [0.2, 0.25) is 5.95 Å². The fourth-order valence-electron chi connectivity index (χ4n) is 0.424. The molecule has 0 bridgehead atoms. The Morgan fingerprint density at radius 1 is 1.44 bits per heavy atom. The molecule has 1 heterocycles. The lowest BCUT2D eigenvalue weighted by molar-refractivity contribution is 0.586. The molecular formula is C5H6BrFN2. The monoisotopic (exact) mass is 192 g/mol. The zero-order chi connectivity index (χ0) is 5.98. The van der Waals surface area contributed by atoms with Crippen LogP contribution in [0.4, 0.5) is 10.2 Å². The third kappa shape index (κ3) is 2.41. The van der Waals surface area contributed by atoms with Gasteiger partial charge in [0.1, 0.15) is 5.82 Å². The molecule has 0 saturated carbocycles. The summed E-state index contributed by atoms with van der Waals surface area (Å²) < 4.78 is 12.0. The summed E-state index contributed by atoms with van der Waals surface area (Å²) >= 11 is 0. The van der Waals surface area contributed by atoms with Crippen LogP contribution in [0.15, 0.2) is 18.2 Å². The first-order valence-corrected chi connectivity index (χ1v) is 2.17. The van der Waals surface area contributed by atoms with Gasteiger partial charge in [0.15, 0.2) is 0 Å². The van der Waals surface area contributed by atoms with Crippen LogP contribution in [0.25, 0.3) is 0 Å². The van der Waals surface area contributed by atoms with E-state index < -0.39 is 5.95 Å². The van der Waals surface area contributed by atoms with Crippen LogP contribution in [0, 0.1) is 5.95 Å². The van der Waals surface area contributed by atoms with Crippen molar-refractivity contribution >= 4 is 22.8 Å². The van der Waals surface area contributed by atoms with E-state index in [0.29, 0.717) is 0 Å². The third-order valence-corrected chi connectivity index (χ3v) is 0.737. The Morgan fingerprint density at radius 3 is 2.44 bits per heavy atom. The first kappa shape index (κ1) is 8.36. The average Bonchev–Trinajstić information content (AvgIpc) is 1.64. The van der Waals surface area contributed by atoms with Crippen molar-refractivity contribution in [1.29, 1.82) is 0 Å². The van der Waals surface area contributed by atoms with Crippen LogP contribution in [0.3, 0.4) is 0 Å². The maximum absolute atomic E-state index is 12.0. The van der Waals surface area contributed by atoms with Crippen LogP contribution in [-0.4, -0.2) is 4.98 Å².